The van der Waals surface area contributed by atoms with Gasteiger partial charge in [-0.1, -0.05) is 47.5 Å². The third-order valence-corrected chi connectivity index (χ3v) is 10.0. The molecule has 1 aliphatic carbocycles. The number of aromatic nitrogens is 1. The van der Waals surface area contributed by atoms with Gasteiger partial charge in [-0.2, -0.15) is 13.1 Å². The minimum atomic E-state index is -3.80. The zero-order chi connectivity index (χ0) is 30.6. The maximum absolute atomic E-state index is 13.6. The van der Waals surface area contributed by atoms with Crippen LogP contribution < -0.4 is 14.5 Å². The Morgan fingerprint density at radius 2 is 1.74 bits per heavy atom. The number of halogens is 4. The molecule has 0 bridgehead atoms. The minimum absolute atomic E-state index is 0.0402. The minimum Gasteiger partial charge on any atom is -0.489 e. The molecule has 43 heavy (non-hydrogen) atoms. The van der Waals surface area contributed by atoms with Gasteiger partial charge in [-0.25, -0.2) is 13.4 Å². The largest absolute Gasteiger partial charge is 0.489 e. The van der Waals surface area contributed by atoms with E-state index in [0.717, 1.165) is 12.8 Å². The Bertz CT molecular complexity index is 1520. The van der Waals surface area contributed by atoms with Crippen molar-refractivity contribution in [2.45, 2.75) is 49.7 Å². The molecule has 5 rings (SSSR count). The summed E-state index contributed by atoms with van der Waals surface area (Å²) in [5.74, 6) is -1.01. The fourth-order valence-corrected chi connectivity index (χ4v) is 7.02. The number of carbonyl (C=O) groups excluding carboxylic acids is 1. The predicted molar refractivity (Wildman–Crippen MR) is 155 cm³/mol. The molecule has 8 nitrogen and oxygen atoms in total. The van der Waals surface area contributed by atoms with Crippen molar-refractivity contribution in [3.8, 4) is 11.5 Å². The third-order valence-electron chi connectivity index (χ3n) is 7.47. The molecule has 1 N–H and O–H groups in total. The highest BCUT2D eigenvalue weighted by molar-refractivity contribution is 7.89. The lowest BCUT2D eigenvalue weighted by Crippen LogP contribution is -2.43. The molecule has 230 valence electrons. The van der Waals surface area contributed by atoms with Crippen LogP contribution in [0.1, 0.15) is 42.9 Å². The van der Waals surface area contributed by atoms with E-state index >= 15 is 0 Å². The number of piperidine rings is 1. The molecule has 0 unspecified atom stereocenters. The number of alkyl halides is 2. The molecule has 0 radical (unpaired) electrons. The van der Waals surface area contributed by atoms with Crippen LogP contribution in [0.25, 0.3) is 0 Å². The van der Waals surface area contributed by atoms with Crippen LogP contribution in [0, 0.1) is 11.8 Å². The van der Waals surface area contributed by atoms with E-state index in [4.69, 9.17) is 32.7 Å². The van der Waals surface area contributed by atoms with E-state index in [1.54, 1.807) is 30.6 Å². The van der Waals surface area contributed by atoms with Gasteiger partial charge in [0.05, 0.1) is 17.4 Å². The molecule has 1 saturated carbocycles. The van der Waals surface area contributed by atoms with Crippen LogP contribution in [0.2, 0.25) is 10.0 Å². The number of nitrogens with zero attached hydrogens (tertiary/aromatic N) is 1. The molecule has 1 aromatic heterocycles. The average Bonchev–Trinajstić information content (AvgIpc) is 3.83. The van der Waals surface area contributed by atoms with Gasteiger partial charge in [-0.15, -0.1) is 0 Å². The van der Waals surface area contributed by atoms with E-state index in [1.165, 1.54) is 34.6 Å². The van der Waals surface area contributed by atoms with Gasteiger partial charge in [0.15, 0.2) is 23.9 Å². The van der Waals surface area contributed by atoms with Crippen molar-refractivity contribution in [3.63, 3.8) is 0 Å². The summed E-state index contributed by atoms with van der Waals surface area (Å²) in [6.07, 6.45) is 5.09. The van der Waals surface area contributed by atoms with E-state index in [9.17, 15) is 22.0 Å². The van der Waals surface area contributed by atoms with Gasteiger partial charge in [0.25, 0.3) is 0 Å². The van der Waals surface area contributed by atoms with Crippen LogP contribution in [0.15, 0.2) is 65.8 Å². The summed E-state index contributed by atoms with van der Waals surface area (Å²) in [5.41, 5.74) is 0.954. The fraction of sp³-hybridized carbons (Fsp3) is 0.400. The number of benzene rings is 2. The lowest BCUT2D eigenvalue weighted by molar-refractivity contribution is -0.377. The Hall–Kier alpha value is -2.99. The van der Waals surface area contributed by atoms with Gasteiger partial charge < -0.3 is 14.2 Å². The molecule has 13 heteroatoms. The quantitative estimate of drug-likeness (QED) is 0.218. The van der Waals surface area contributed by atoms with E-state index in [0.29, 0.717) is 46.5 Å². The normalized spacial score (nSPS) is 18.3. The zero-order valence-electron chi connectivity index (χ0n) is 23.1. The van der Waals surface area contributed by atoms with Crippen molar-refractivity contribution in [2.75, 3.05) is 19.7 Å². The van der Waals surface area contributed by atoms with Crippen molar-refractivity contribution >= 4 is 39.2 Å². The van der Waals surface area contributed by atoms with Crippen LogP contribution in [-0.2, 0) is 26.0 Å². The molecular formula is C30H31Cl2F2N2O6S+. The van der Waals surface area contributed by atoms with Crippen molar-refractivity contribution < 1.29 is 41.2 Å². The topological polar surface area (TPSA) is 96.3 Å². The van der Waals surface area contributed by atoms with Crippen LogP contribution in [0.4, 0.5) is 8.78 Å². The average molecular weight is 657 g/mol. The standard InChI is InChI=1S/C30H30Cl2F2N2O6S/c31-24-15-35-16-25(32)23(24)14-27(20-10-11-26(42-30(33)34)28(13-20)40-18-19-8-9-19)41-29(37)21-5-4-12-36(17-21)43(38,39)22-6-2-1-3-7-22/h1-3,6-7,10-11,13,15-16,19,21,27,30H,4-5,8-9,12,14,17-18H2/p+1/t21-,27-/m0/s1. The number of ether oxygens (including phenoxy) is 3. The first-order chi connectivity index (χ1) is 20.6. The lowest BCUT2D eigenvalue weighted by atomic mass is 9.98. The summed E-state index contributed by atoms with van der Waals surface area (Å²) in [6.45, 7) is -2.47. The van der Waals surface area contributed by atoms with Crippen LogP contribution in [0.5, 0.6) is 11.5 Å². The second-order valence-electron chi connectivity index (χ2n) is 10.6. The number of hydrogen-bond acceptors (Lipinski definition) is 6. The Balaban J connectivity index is 1.41. The molecule has 2 aromatic carbocycles. The molecule has 0 spiro atoms. The molecule has 2 heterocycles. The molecule has 1 saturated heterocycles. The van der Waals surface area contributed by atoms with Crippen LogP contribution in [0.3, 0.4) is 0 Å². The summed E-state index contributed by atoms with van der Waals surface area (Å²) >= 11 is 12.8. The van der Waals surface area contributed by atoms with Crippen LogP contribution in [-0.4, -0.2) is 45.0 Å². The smallest absolute Gasteiger partial charge is 0.387 e. The molecular weight excluding hydrogens is 625 g/mol. The third kappa shape index (κ3) is 7.94. The van der Waals surface area contributed by atoms with Crippen LogP contribution >= 0.6 is 23.2 Å². The lowest BCUT2D eigenvalue weighted by Gasteiger charge is -2.32. The highest BCUT2D eigenvalue weighted by Crippen LogP contribution is 2.38. The predicted octanol–water partition coefficient (Wildman–Crippen LogP) is 6.13. The summed E-state index contributed by atoms with van der Waals surface area (Å²) in [7, 11) is -3.80. The molecule has 3 aromatic rings. The Morgan fingerprint density at radius 3 is 2.42 bits per heavy atom. The highest BCUT2D eigenvalue weighted by atomic mass is 35.5. The number of aromatic amines is 1. The van der Waals surface area contributed by atoms with Gasteiger partial charge in [0.2, 0.25) is 10.0 Å². The first-order valence-corrected chi connectivity index (χ1v) is 16.1. The summed E-state index contributed by atoms with van der Waals surface area (Å²) in [6, 6.07) is 12.4. The van der Waals surface area contributed by atoms with Gasteiger partial charge in [-0.05, 0) is 61.4 Å². The number of nitrogens with one attached hydrogen (secondary N) is 1. The van der Waals surface area contributed by atoms with E-state index in [-0.39, 0.29) is 35.9 Å². The monoisotopic (exact) mass is 655 g/mol. The Morgan fingerprint density at radius 1 is 1.02 bits per heavy atom. The zero-order valence-corrected chi connectivity index (χ0v) is 25.4. The summed E-state index contributed by atoms with van der Waals surface area (Å²) < 4.78 is 70.6. The first kappa shape index (κ1) is 31.4. The summed E-state index contributed by atoms with van der Waals surface area (Å²) in [4.78, 5) is 16.6. The number of H-pyrrole nitrogens is 1. The summed E-state index contributed by atoms with van der Waals surface area (Å²) in [5, 5.41) is 0.628. The molecule has 1 aliphatic heterocycles. The number of sulfonamides is 1. The molecule has 2 fully saturated rings. The number of hydrogen-bond donors (Lipinski definition) is 0. The van der Waals surface area contributed by atoms with E-state index in [2.05, 4.69) is 9.72 Å². The molecule has 0 amide bonds. The van der Waals surface area contributed by atoms with E-state index < -0.39 is 34.6 Å². The van der Waals surface area contributed by atoms with Crippen molar-refractivity contribution in [2.24, 2.45) is 11.8 Å². The number of pyridine rings is 1. The van der Waals surface area contributed by atoms with Gasteiger partial charge >= 0.3 is 12.6 Å². The SMILES string of the molecule is O=C(O[C@@H](Cc1c(Cl)c[nH+]cc1Cl)c1ccc(OC(F)F)c(OCC2CC2)c1)[C@H]1CCCN(S(=O)(=O)c2ccccc2)C1. The number of rotatable bonds is 12. The first-order valence-electron chi connectivity index (χ1n) is 13.9. The van der Waals surface area contributed by atoms with Crippen molar-refractivity contribution in [1.29, 1.82) is 0 Å². The fourth-order valence-electron chi connectivity index (χ4n) is 4.94. The van der Waals surface area contributed by atoms with Gasteiger partial charge in [-0.3, -0.25) is 4.79 Å². The number of esters is 1. The molecule has 2 aliphatic rings. The molecule has 2 atom stereocenters. The van der Waals surface area contributed by atoms with Crippen molar-refractivity contribution in [3.05, 3.63) is 82.1 Å². The second kappa shape index (κ2) is 13.8. The highest BCUT2D eigenvalue weighted by Gasteiger charge is 2.35. The Kier molecular flexibility index (Phi) is 10.1. The Labute approximate surface area is 258 Å². The van der Waals surface area contributed by atoms with Crippen molar-refractivity contribution in [1.82, 2.24) is 4.31 Å². The maximum Gasteiger partial charge on any atom is 0.387 e. The second-order valence-corrected chi connectivity index (χ2v) is 13.4. The number of carbonyl (C=O) groups is 1. The van der Waals surface area contributed by atoms with Gasteiger partial charge in [0.1, 0.15) is 16.1 Å². The van der Waals surface area contributed by atoms with Gasteiger partial charge in [0, 0.05) is 25.1 Å². The maximum atomic E-state index is 13.6. The van der Waals surface area contributed by atoms with E-state index in [1.807, 2.05) is 0 Å².